The quantitative estimate of drug-likeness (QED) is 0.764. The van der Waals surface area contributed by atoms with Gasteiger partial charge in [0.05, 0.1) is 0 Å². The van der Waals surface area contributed by atoms with E-state index in [4.69, 9.17) is 16.0 Å². The summed E-state index contributed by atoms with van der Waals surface area (Å²) in [4.78, 5) is 0. The van der Waals surface area contributed by atoms with Crippen LogP contribution in [0.5, 0.6) is 0 Å². The lowest BCUT2D eigenvalue weighted by Crippen LogP contribution is -2.48. The fourth-order valence-corrected chi connectivity index (χ4v) is 5.07. The van der Waals surface area contributed by atoms with Gasteiger partial charge in [-0.05, 0) is 63.2 Å². The SMILES string of the molecule is CC(Cl)c1nnc(C23CC4CC(CC(C4)C2)C3)o1. The Morgan fingerprint density at radius 2 is 1.67 bits per heavy atom. The summed E-state index contributed by atoms with van der Waals surface area (Å²) in [5, 5.41) is 8.27. The van der Waals surface area contributed by atoms with Crippen molar-refractivity contribution in [2.75, 3.05) is 0 Å². The number of alkyl halides is 1. The Morgan fingerprint density at radius 3 is 2.11 bits per heavy atom. The highest BCUT2D eigenvalue weighted by atomic mass is 35.5. The van der Waals surface area contributed by atoms with Crippen molar-refractivity contribution in [3.05, 3.63) is 11.8 Å². The molecule has 4 fully saturated rings. The van der Waals surface area contributed by atoms with Crippen molar-refractivity contribution < 1.29 is 4.42 Å². The zero-order valence-electron chi connectivity index (χ0n) is 10.7. The molecule has 0 N–H and O–H groups in total. The van der Waals surface area contributed by atoms with Crippen LogP contribution >= 0.6 is 11.6 Å². The van der Waals surface area contributed by atoms with Crippen LogP contribution in [0, 0.1) is 17.8 Å². The third-order valence-corrected chi connectivity index (χ3v) is 5.46. The molecule has 1 aromatic rings. The van der Waals surface area contributed by atoms with Gasteiger partial charge in [-0.3, -0.25) is 0 Å². The highest BCUT2D eigenvalue weighted by Gasteiger charge is 2.54. The van der Waals surface area contributed by atoms with Crippen molar-refractivity contribution in [1.29, 1.82) is 0 Å². The fourth-order valence-electron chi connectivity index (χ4n) is 4.98. The van der Waals surface area contributed by atoms with Gasteiger partial charge < -0.3 is 4.42 Å². The summed E-state index contributed by atoms with van der Waals surface area (Å²) in [5.74, 6) is 4.17. The monoisotopic (exact) mass is 266 g/mol. The van der Waals surface area contributed by atoms with E-state index in [1.54, 1.807) is 0 Å². The van der Waals surface area contributed by atoms with Gasteiger partial charge in [0.1, 0.15) is 5.38 Å². The summed E-state index contributed by atoms with van der Waals surface area (Å²) in [7, 11) is 0. The van der Waals surface area contributed by atoms with Gasteiger partial charge in [-0.15, -0.1) is 21.8 Å². The van der Waals surface area contributed by atoms with E-state index in [0.717, 1.165) is 23.6 Å². The molecular formula is C14H19ClN2O. The Bertz CT molecular complexity index is 433. The normalized spacial score (nSPS) is 43.3. The highest BCUT2D eigenvalue weighted by molar-refractivity contribution is 6.20. The van der Waals surface area contributed by atoms with Gasteiger partial charge in [0.2, 0.25) is 11.8 Å². The maximum Gasteiger partial charge on any atom is 0.234 e. The van der Waals surface area contributed by atoms with Crippen molar-refractivity contribution in [1.82, 2.24) is 10.2 Å². The second-order valence-electron chi connectivity index (χ2n) is 6.76. The first-order valence-corrected chi connectivity index (χ1v) is 7.56. The molecule has 0 aliphatic heterocycles. The molecule has 5 rings (SSSR count). The molecule has 0 amide bonds. The van der Waals surface area contributed by atoms with Gasteiger partial charge in [0.25, 0.3) is 0 Å². The van der Waals surface area contributed by atoms with E-state index < -0.39 is 0 Å². The van der Waals surface area contributed by atoms with E-state index in [1.165, 1.54) is 38.5 Å². The first kappa shape index (κ1) is 11.3. The summed E-state index contributed by atoms with van der Waals surface area (Å²) in [6.45, 7) is 1.89. The first-order chi connectivity index (χ1) is 8.64. The Kier molecular flexibility index (Phi) is 2.33. The zero-order chi connectivity index (χ0) is 12.3. The van der Waals surface area contributed by atoms with Crippen LogP contribution in [0.4, 0.5) is 0 Å². The number of rotatable bonds is 2. The van der Waals surface area contributed by atoms with Crippen molar-refractivity contribution >= 4 is 11.6 Å². The third kappa shape index (κ3) is 1.56. The standard InChI is InChI=1S/C14H19ClN2O/c1-8(15)12-16-17-13(18-12)14-5-9-2-10(6-14)4-11(3-9)7-14/h8-11H,2-7H2,1H3. The Labute approximate surface area is 112 Å². The lowest BCUT2D eigenvalue weighted by atomic mass is 9.49. The smallest absolute Gasteiger partial charge is 0.234 e. The van der Waals surface area contributed by atoms with Crippen molar-refractivity contribution in [3.63, 3.8) is 0 Å². The molecule has 4 aliphatic carbocycles. The minimum atomic E-state index is -0.180. The van der Waals surface area contributed by atoms with Crippen LogP contribution in [-0.4, -0.2) is 10.2 Å². The molecule has 0 radical (unpaired) electrons. The number of hydrogen-bond donors (Lipinski definition) is 0. The second-order valence-corrected chi connectivity index (χ2v) is 7.41. The van der Waals surface area contributed by atoms with Crippen molar-refractivity contribution in [2.24, 2.45) is 17.8 Å². The number of halogens is 1. The minimum Gasteiger partial charge on any atom is -0.423 e. The Morgan fingerprint density at radius 1 is 1.11 bits per heavy atom. The summed E-state index contributed by atoms with van der Waals surface area (Å²) in [6, 6.07) is 0. The van der Waals surface area contributed by atoms with Gasteiger partial charge >= 0.3 is 0 Å². The summed E-state index contributed by atoms with van der Waals surface area (Å²) < 4.78 is 5.88. The number of hydrogen-bond acceptors (Lipinski definition) is 3. The van der Waals surface area contributed by atoms with Crippen LogP contribution in [-0.2, 0) is 5.41 Å². The molecular weight excluding hydrogens is 248 g/mol. The average molecular weight is 267 g/mol. The van der Waals surface area contributed by atoms with E-state index in [-0.39, 0.29) is 10.8 Å². The van der Waals surface area contributed by atoms with E-state index in [1.807, 2.05) is 6.92 Å². The Balaban J connectivity index is 1.70. The van der Waals surface area contributed by atoms with Crippen molar-refractivity contribution in [2.45, 2.75) is 56.2 Å². The van der Waals surface area contributed by atoms with Gasteiger partial charge in [-0.1, -0.05) is 0 Å². The lowest BCUT2D eigenvalue weighted by Gasteiger charge is -2.55. The van der Waals surface area contributed by atoms with Crippen LogP contribution in [0.25, 0.3) is 0 Å². The third-order valence-electron chi connectivity index (χ3n) is 5.27. The predicted molar refractivity (Wildman–Crippen MR) is 68.4 cm³/mol. The fraction of sp³-hybridized carbons (Fsp3) is 0.857. The topological polar surface area (TPSA) is 38.9 Å². The average Bonchev–Trinajstić information content (AvgIpc) is 2.76. The van der Waals surface area contributed by atoms with Crippen LogP contribution < -0.4 is 0 Å². The molecule has 18 heavy (non-hydrogen) atoms. The number of nitrogens with zero attached hydrogens (tertiary/aromatic N) is 2. The van der Waals surface area contributed by atoms with Crippen LogP contribution in [0.2, 0.25) is 0 Å². The van der Waals surface area contributed by atoms with Crippen LogP contribution in [0.15, 0.2) is 4.42 Å². The van der Waals surface area contributed by atoms with Gasteiger partial charge in [-0.2, -0.15) is 0 Å². The molecule has 0 spiro atoms. The van der Waals surface area contributed by atoms with Gasteiger partial charge in [-0.25, -0.2) is 0 Å². The molecule has 4 aliphatic rings. The van der Waals surface area contributed by atoms with Crippen LogP contribution in [0.3, 0.4) is 0 Å². The van der Waals surface area contributed by atoms with E-state index in [0.29, 0.717) is 5.89 Å². The molecule has 4 bridgehead atoms. The largest absolute Gasteiger partial charge is 0.423 e. The Hall–Kier alpha value is -0.570. The summed E-state index contributed by atoms with van der Waals surface area (Å²) in [6.07, 6.45) is 8.09. The molecule has 0 saturated heterocycles. The molecule has 4 saturated carbocycles. The van der Waals surface area contributed by atoms with E-state index in [9.17, 15) is 0 Å². The molecule has 98 valence electrons. The van der Waals surface area contributed by atoms with E-state index in [2.05, 4.69) is 10.2 Å². The minimum absolute atomic E-state index is 0.180. The summed E-state index contributed by atoms with van der Waals surface area (Å²) in [5.41, 5.74) is 0.200. The maximum atomic E-state index is 6.03. The maximum absolute atomic E-state index is 6.03. The first-order valence-electron chi connectivity index (χ1n) is 7.12. The lowest BCUT2D eigenvalue weighted by molar-refractivity contribution is -0.0182. The number of aromatic nitrogens is 2. The molecule has 1 unspecified atom stereocenters. The molecule has 3 nitrogen and oxygen atoms in total. The van der Waals surface area contributed by atoms with Gasteiger partial charge in [0, 0.05) is 5.41 Å². The van der Waals surface area contributed by atoms with Crippen molar-refractivity contribution in [3.8, 4) is 0 Å². The van der Waals surface area contributed by atoms with Gasteiger partial charge in [0.15, 0.2) is 0 Å². The highest BCUT2D eigenvalue weighted by Crippen LogP contribution is 2.60. The molecule has 4 heteroatoms. The van der Waals surface area contributed by atoms with Crippen LogP contribution in [0.1, 0.15) is 62.6 Å². The predicted octanol–water partition coefficient (Wildman–Crippen LogP) is 3.84. The molecule has 1 heterocycles. The molecule has 0 aromatic carbocycles. The van der Waals surface area contributed by atoms with E-state index >= 15 is 0 Å². The second kappa shape index (κ2) is 3.72. The molecule has 1 atom stereocenters. The zero-order valence-corrected chi connectivity index (χ0v) is 11.5. The molecule has 1 aromatic heterocycles. The summed E-state index contributed by atoms with van der Waals surface area (Å²) >= 11 is 6.03.